The molecule has 1 aromatic heterocycles. The minimum atomic E-state index is 0.614. The Morgan fingerprint density at radius 1 is 1.21 bits per heavy atom. The normalized spacial score (nSPS) is 10.3. The van der Waals surface area contributed by atoms with Crippen molar-refractivity contribution in [3.63, 3.8) is 0 Å². The van der Waals surface area contributed by atoms with Crippen LogP contribution in [0, 0.1) is 0 Å². The van der Waals surface area contributed by atoms with Crippen LogP contribution in [0.4, 0.5) is 11.6 Å². The number of nitrogens with zero attached hydrogens (tertiary/aromatic N) is 2. The number of halogens is 1. The van der Waals surface area contributed by atoms with E-state index in [9.17, 15) is 0 Å². The number of aromatic nitrogens is 2. The summed E-state index contributed by atoms with van der Waals surface area (Å²) in [6.07, 6.45) is 0.765. The molecule has 0 aliphatic carbocycles. The van der Waals surface area contributed by atoms with Crippen molar-refractivity contribution in [2.24, 2.45) is 5.84 Å². The standard InChI is InChI=1S/C13H16BrN5/c1-2-11-17-12(7-13(18-11)19-15)16-8-9-4-3-5-10(14)6-9/h3-7H,2,8,15H2,1H3,(H2,16,17,18,19). The number of nitrogen functional groups attached to an aromatic ring is 1. The summed E-state index contributed by atoms with van der Waals surface area (Å²) in [5.41, 5.74) is 3.73. The molecule has 0 spiro atoms. The van der Waals surface area contributed by atoms with Crippen molar-refractivity contribution < 1.29 is 0 Å². The maximum atomic E-state index is 5.40. The van der Waals surface area contributed by atoms with Gasteiger partial charge in [0, 0.05) is 23.5 Å². The first kappa shape index (κ1) is 13.8. The van der Waals surface area contributed by atoms with Crippen molar-refractivity contribution >= 4 is 27.6 Å². The summed E-state index contributed by atoms with van der Waals surface area (Å²) in [4.78, 5) is 8.65. The lowest BCUT2D eigenvalue weighted by Crippen LogP contribution is -2.12. The van der Waals surface area contributed by atoms with E-state index in [0.29, 0.717) is 12.4 Å². The Morgan fingerprint density at radius 2 is 2.00 bits per heavy atom. The zero-order valence-electron chi connectivity index (χ0n) is 10.7. The maximum absolute atomic E-state index is 5.40. The van der Waals surface area contributed by atoms with E-state index in [1.165, 1.54) is 5.56 Å². The highest BCUT2D eigenvalue weighted by Crippen LogP contribution is 2.15. The molecule has 0 amide bonds. The van der Waals surface area contributed by atoms with E-state index in [0.717, 1.165) is 22.5 Å². The number of hydrazine groups is 1. The molecule has 2 aromatic rings. The molecule has 5 nitrogen and oxygen atoms in total. The van der Waals surface area contributed by atoms with Gasteiger partial charge in [-0.05, 0) is 17.7 Å². The summed E-state index contributed by atoms with van der Waals surface area (Å²) in [5, 5.41) is 3.27. The summed E-state index contributed by atoms with van der Waals surface area (Å²) in [5.74, 6) is 7.53. The summed E-state index contributed by atoms with van der Waals surface area (Å²) in [6, 6.07) is 9.92. The number of anilines is 2. The van der Waals surface area contributed by atoms with Gasteiger partial charge in [-0.25, -0.2) is 15.8 Å². The van der Waals surface area contributed by atoms with Gasteiger partial charge >= 0.3 is 0 Å². The lowest BCUT2D eigenvalue weighted by Gasteiger charge is -2.09. The lowest BCUT2D eigenvalue weighted by molar-refractivity contribution is 0.931. The number of rotatable bonds is 5. The monoisotopic (exact) mass is 321 g/mol. The van der Waals surface area contributed by atoms with Gasteiger partial charge in [0.25, 0.3) is 0 Å². The fraction of sp³-hybridized carbons (Fsp3) is 0.231. The van der Waals surface area contributed by atoms with Crippen LogP contribution in [0.2, 0.25) is 0 Å². The summed E-state index contributed by atoms with van der Waals surface area (Å²) in [7, 11) is 0. The molecular weight excluding hydrogens is 306 g/mol. The molecule has 2 rings (SSSR count). The second kappa shape index (κ2) is 6.49. The van der Waals surface area contributed by atoms with E-state index < -0.39 is 0 Å². The molecule has 100 valence electrons. The van der Waals surface area contributed by atoms with Crippen molar-refractivity contribution in [3.05, 3.63) is 46.2 Å². The smallest absolute Gasteiger partial charge is 0.145 e. The quantitative estimate of drug-likeness (QED) is 0.583. The third kappa shape index (κ3) is 3.90. The van der Waals surface area contributed by atoms with Gasteiger partial charge in [0.2, 0.25) is 0 Å². The number of hydrogen-bond acceptors (Lipinski definition) is 5. The van der Waals surface area contributed by atoms with Gasteiger partial charge in [0.1, 0.15) is 17.5 Å². The van der Waals surface area contributed by atoms with E-state index in [4.69, 9.17) is 5.84 Å². The fourth-order valence-corrected chi connectivity index (χ4v) is 2.11. The topological polar surface area (TPSA) is 75.9 Å². The molecule has 0 saturated heterocycles. The fourth-order valence-electron chi connectivity index (χ4n) is 1.66. The van der Waals surface area contributed by atoms with Crippen LogP contribution in [0.15, 0.2) is 34.8 Å². The van der Waals surface area contributed by atoms with Crippen LogP contribution in [-0.2, 0) is 13.0 Å². The summed E-state index contributed by atoms with van der Waals surface area (Å²) in [6.45, 7) is 2.71. The van der Waals surface area contributed by atoms with Crippen molar-refractivity contribution in [2.75, 3.05) is 10.7 Å². The lowest BCUT2D eigenvalue weighted by atomic mass is 10.2. The van der Waals surface area contributed by atoms with Crippen molar-refractivity contribution in [3.8, 4) is 0 Å². The van der Waals surface area contributed by atoms with Gasteiger partial charge in [-0.1, -0.05) is 35.0 Å². The Balaban J connectivity index is 2.10. The van der Waals surface area contributed by atoms with E-state index in [1.54, 1.807) is 6.07 Å². The molecule has 0 atom stereocenters. The van der Waals surface area contributed by atoms with Gasteiger partial charge in [-0.15, -0.1) is 0 Å². The van der Waals surface area contributed by atoms with Crippen LogP contribution in [0.1, 0.15) is 18.3 Å². The SMILES string of the molecule is CCc1nc(NN)cc(NCc2cccc(Br)c2)n1. The second-order valence-corrected chi connectivity index (χ2v) is 4.95. The van der Waals surface area contributed by atoms with Gasteiger partial charge in [-0.3, -0.25) is 0 Å². The number of benzene rings is 1. The highest BCUT2D eigenvalue weighted by Gasteiger charge is 2.02. The van der Waals surface area contributed by atoms with Crippen LogP contribution in [0.25, 0.3) is 0 Å². The van der Waals surface area contributed by atoms with Crippen LogP contribution in [-0.4, -0.2) is 9.97 Å². The minimum absolute atomic E-state index is 0.614. The van der Waals surface area contributed by atoms with Gasteiger partial charge in [-0.2, -0.15) is 0 Å². The number of nitrogens with one attached hydrogen (secondary N) is 2. The third-order valence-corrected chi connectivity index (χ3v) is 3.09. The summed E-state index contributed by atoms with van der Waals surface area (Å²) < 4.78 is 1.06. The molecule has 0 bridgehead atoms. The highest BCUT2D eigenvalue weighted by molar-refractivity contribution is 9.10. The molecule has 1 heterocycles. The molecule has 0 aliphatic heterocycles. The molecule has 6 heteroatoms. The maximum Gasteiger partial charge on any atom is 0.145 e. The van der Waals surface area contributed by atoms with E-state index in [2.05, 4.69) is 48.8 Å². The van der Waals surface area contributed by atoms with Crippen molar-refractivity contribution in [1.29, 1.82) is 0 Å². The minimum Gasteiger partial charge on any atom is -0.366 e. The molecule has 0 radical (unpaired) electrons. The van der Waals surface area contributed by atoms with Crippen molar-refractivity contribution in [1.82, 2.24) is 9.97 Å². The van der Waals surface area contributed by atoms with Gasteiger partial charge < -0.3 is 10.7 Å². The number of hydrogen-bond donors (Lipinski definition) is 3. The molecular formula is C13H16BrN5. The van der Waals surface area contributed by atoms with Gasteiger partial charge in [0.05, 0.1) is 0 Å². The molecule has 1 aromatic carbocycles. The molecule has 0 fully saturated rings. The average Bonchev–Trinajstić information content (AvgIpc) is 2.44. The number of nitrogens with two attached hydrogens (primary N) is 1. The first-order valence-electron chi connectivity index (χ1n) is 6.04. The van der Waals surface area contributed by atoms with Crippen LogP contribution in [0.3, 0.4) is 0 Å². The average molecular weight is 322 g/mol. The van der Waals surface area contributed by atoms with E-state index in [-0.39, 0.29) is 0 Å². The predicted octanol–water partition coefficient (Wildman–Crippen LogP) is 2.70. The largest absolute Gasteiger partial charge is 0.366 e. The Labute approximate surface area is 120 Å². The van der Waals surface area contributed by atoms with E-state index in [1.807, 2.05) is 19.1 Å². The molecule has 0 aliphatic rings. The molecule has 19 heavy (non-hydrogen) atoms. The summed E-state index contributed by atoms with van der Waals surface area (Å²) >= 11 is 3.45. The Morgan fingerprint density at radius 3 is 2.68 bits per heavy atom. The Bertz CT molecular complexity index is 536. The van der Waals surface area contributed by atoms with Crippen molar-refractivity contribution in [2.45, 2.75) is 19.9 Å². The third-order valence-electron chi connectivity index (χ3n) is 2.60. The first-order chi connectivity index (χ1) is 9.21. The zero-order chi connectivity index (χ0) is 13.7. The molecule has 4 N–H and O–H groups in total. The molecule has 0 saturated carbocycles. The second-order valence-electron chi connectivity index (χ2n) is 4.04. The Hall–Kier alpha value is -1.66. The first-order valence-corrected chi connectivity index (χ1v) is 6.83. The molecule has 0 unspecified atom stereocenters. The zero-order valence-corrected chi connectivity index (χ0v) is 12.2. The number of aryl methyl sites for hydroxylation is 1. The van der Waals surface area contributed by atoms with Gasteiger partial charge in [0.15, 0.2) is 0 Å². The van der Waals surface area contributed by atoms with Crippen LogP contribution < -0.4 is 16.6 Å². The van der Waals surface area contributed by atoms with Crippen LogP contribution in [0.5, 0.6) is 0 Å². The Kier molecular flexibility index (Phi) is 4.70. The van der Waals surface area contributed by atoms with E-state index >= 15 is 0 Å². The predicted molar refractivity (Wildman–Crippen MR) is 80.7 cm³/mol. The van der Waals surface area contributed by atoms with Crippen LogP contribution >= 0.6 is 15.9 Å². The highest BCUT2D eigenvalue weighted by atomic mass is 79.9.